The van der Waals surface area contributed by atoms with E-state index in [1.807, 2.05) is 13.8 Å². The van der Waals surface area contributed by atoms with Gasteiger partial charge < -0.3 is 4.42 Å². The van der Waals surface area contributed by atoms with Crippen molar-refractivity contribution in [3.63, 3.8) is 0 Å². The fourth-order valence-electron chi connectivity index (χ4n) is 1.55. The van der Waals surface area contributed by atoms with Crippen LogP contribution >= 0.6 is 11.8 Å². The van der Waals surface area contributed by atoms with Gasteiger partial charge in [-0.25, -0.2) is 9.37 Å². The third-order valence-electron chi connectivity index (χ3n) is 2.78. The second kappa shape index (κ2) is 5.57. The van der Waals surface area contributed by atoms with Crippen molar-refractivity contribution in [3.8, 4) is 0 Å². The van der Waals surface area contributed by atoms with E-state index in [2.05, 4.69) is 4.98 Å². The number of aromatic nitrogens is 1. The third-order valence-corrected chi connectivity index (χ3v) is 3.73. The lowest BCUT2D eigenvalue weighted by atomic mass is 10.1. The van der Waals surface area contributed by atoms with Crippen molar-refractivity contribution in [1.29, 1.82) is 0 Å². The summed E-state index contributed by atoms with van der Waals surface area (Å²) in [6.45, 7) is 5.47. The van der Waals surface area contributed by atoms with Crippen molar-refractivity contribution in [2.75, 3.05) is 0 Å². The van der Waals surface area contributed by atoms with Crippen LogP contribution < -0.4 is 0 Å². The second-order valence-corrected chi connectivity index (χ2v) is 5.54. The second-order valence-electron chi connectivity index (χ2n) is 4.25. The highest BCUT2D eigenvalue weighted by molar-refractivity contribution is 8.00. The van der Waals surface area contributed by atoms with Gasteiger partial charge in [0, 0.05) is 5.56 Å². The first-order valence-electron chi connectivity index (χ1n) is 5.88. The van der Waals surface area contributed by atoms with Crippen molar-refractivity contribution in [3.05, 3.63) is 47.1 Å². The highest BCUT2D eigenvalue weighted by Crippen LogP contribution is 2.26. The largest absolute Gasteiger partial charge is 0.437 e. The molecule has 0 saturated heterocycles. The predicted molar refractivity (Wildman–Crippen MR) is 72.0 cm³/mol. The Hall–Kier alpha value is -1.62. The Labute approximate surface area is 115 Å². The van der Waals surface area contributed by atoms with E-state index in [1.54, 1.807) is 6.92 Å². The Morgan fingerprint density at radius 3 is 2.47 bits per heavy atom. The molecule has 0 spiro atoms. The molecule has 0 N–H and O–H groups in total. The molecular formula is C14H14FNO2S. The molecular weight excluding hydrogens is 265 g/mol. The molecule has 0 fully saturated rings. The molecule has 5 heteroatoms. The highest BCUT2D eigenvalue weighted by Gasteiger charge is 2.19. The van der Waals surface area contributed by atoms with E-state index in [0.717, 1.165) is 11.5 Å². The van der Waals surface area contributed by atoms with Crippen LogP contribution in [0.1, 0.15) is 28.7 Å². The quantitative estimate of drug-likeness (QED) is 0.631. The van der Waals surface area contributed by atoms with Crippen LogP contribution in [0.5, 0.6) is 0 Å². The molecule has 0 aliphatic rings. The van der Waals surface area contributed by atoms with Gasteiger partial charge >= 0.3 is 0 Å². The van der Waals surface area contributed by atoms with E-state index in [1.165, 1.54) is 36.0 Å². The monoisotopic (exact) mass is 279 g/mol. The van der Waals surface area contributed by atoms with E-state index in [4.69, 9.17) is 4.42 Å². The Morgan fingerprint density at radius 2 is 1.95 bits per heavy atom. The Kier molecular flexibility index (Phi) is 4.04. The summed E-state index contributed by atoms with van der Waals surface area (Å²) >= 11 is 1.26. The lowest BCUT2D eigenvalue weighted by molar-refractivity contribution is 0.0993. The molecule has 3 nitrogen and oxygen atoms in total. The average molecular weight is 279 g/mol. The van der Waals surface area contributed by atoms with E-state index in [-0.39, 0.29) is 16.9 Å². The topological polar surface area (TPSA) is 43.1 Å². The summed E-state index contributed by atoms with van der Waals surface area (Å²) in [5, 5.41) is 0.154. The smallest absolute Gasteiger partial charge is 0.256 e. The molecule has 0 amide bonds. The van der Waals surface area contributed by atoms with Crippen molar-refractivity contribution in [1.82, 2.24) is 4.98 Å². The van der Waals surface area contributed by atoms with Crippen LogP contribution in [0.4, 0.5) is 4.39 Å². The summed E-state index contributed by atoms with van der Waals surface area (Å²) in [6.07, 6.45) is 0. The van der Waals surface area contributed by atoms with Gasteiger partial charge in [0.15, 0.2) is 5.78 Å². The maximum Gasteiger partial charge on any atom is 0.256 e. The van der Waals surface area contributed by atoms with Gasteiger partial charge in [-0.1, -0.05) is 11.8 Å². The molecule has 1 unspecified atom stereocenters. The van der Waals surface area contributed by atoms with E-state index >= 15 is 0 Å². The molecule has 1 aromatic carbocycles. The number of aryl methyl sites for hydroxylation is 2. The number of halogens is 1. The molecule has 2 aromatic rings. The Bertz CT molecular complexity index is 572. The molecule has 1 heterocycles. The van der Waals surface area contributed by atoms with Gasteiger partial charge in [0.25, 0.3) is 5.22 Å². The minimum Gasteiger partial charge on any atom is -0.437 e. The highest BCUT2D eigenvalue weighted by atomic mass is 32.2. The summed E-state index contributed by atoms with van der Waals surface area (Å²) in [5.74, 6) is 0.332. The standard InChI is InChI=1S/C14H14FNO2S/c1-8-9(2)18-14(16-8)19-10(3)13(17)11-4-6-12(15)7-5-11/h4-7,10H,1-3H3. The van der Waals surface area contributed by atoms with Gasteiger partial charge in [-0.3, -0.25) is 4.79 Å². The fourth-order valence-corrected chi connectivity index (χ4v) is 2.46. The van der Waals surface area contributed by atoms with E-state index in [0.29, 0.717) is 10.8 Å². The van der Waals surface area contributed by atoms with Crippen molar-refractivity contribution >= 4 is 17.5 Å². The number of carbonyl (C=O) groups is 1. The van der Waals surface area contributed by atoms with Crippen LogP contribution in [0.3, 0.4) is 0 Å². The van der Waals surface area contributed by atoms with Crippen LogP contribution in [0.15, 0.2) is 33.9 Å². The molecule has 0 saturated carbocycles. The van der Waals surface area contributed by atoms with Gasteiger partial charge in [0.2, 0.25) is 0 Å². The predicted octanol–water partition coefficient (Wildman–Crippen LogP) is 3.79. The maximum atomic E-state index is 12.8. The summed E-state index contributed by atoms with van der Waals surface area (Å²) in [5.41, 5.74) is 1.31. The number of carbonyl (C=O) groups excluding carboxylic acids is 1. The SMILES string of the molecule is Cc1nc(SC(C)C(=O)c2ccc(F)cc2)oc1C. The van der Waals surface area contributed by atoms with Crippen LogP contribution in [0.25, 0.3) is 0 Å². The summed E-state index contributed by atoms with van der Waals surface area (Å²) < 4.78 is 18.2. The molecule has 1 aromatic heterocycles. The fraction of sp³-hybridized carbons (Fsp3) is 0.286. The van der Waals surface area contributed by atoms with Crippen molar-refractivity contribution in [2.24, 2.45) is 0 Å². The first-order valence-corrected chi connectivity index (χ1v) is 6.76. The lowest BCUT2D eigenvalue weighted by Crippen LogP contribution is -2.13. The minimum absolute atomic E-state index is 0.0708. The van der Waals surface area contributed by atoms with Crippen molar-refractivity contribution < 1.29 is 13.6 Å². The van der Waals surface area contributed by atoms with Crippen LogP contribution in [0.2, 0.25) is 0 Å². The number of ketones is 1. The first kappa shape index (κ1) is 13.8. The Balaban J connectivity index is 2.09. The normalized spacial score (nSPS) is 12.4. The first-order chi connectivity index (χ1) is 8.97. The number of oxazole rings is 1. The molecule has 0 aliphatic heterocycles. The van der Waals surface area contributed by atoms with Gasteiger partial charge in [-0.15, -0.1) is 0 Å². The van der Waals surface area contributed by atoms with E-state index in [9.17, 15) is 9.18 Å². The molecule has 19 heavy (non-hydrogen) atoms. The van der Waals surface area contributed by atoms with Crippen LogP contribution in [0, 0.1) is 19.7 Å². The van der Waals surface area contributed by atoms with Gasteiger partial charge in [0.1, 0.15) is 11.6 Å². The van der Waals surface area contributed by atoms with Crippen LogP contribution in [-0.4, -0.2) is 16.0 Å². The zero-order chi connectivity index (χ0) is 14.0. The van der Waals surface area contributed by atoms with Gasteiger partial charge in [0.05, 0.1) is 10.9 Å². The summed E-state index contributed by atoms with van der Waals surface area (Å²) in [7, 11) is 0. The Morgan fingerprint density at radius 1 is 1.32 bits per heavy atom. The average Bonchev–Trinajstić information content (AvgIpc) is 2.68. The molecule has 0 bridgehead atoms. The van der Waals surface area contributed by atoms with Gasteiger partial charge in [-0.2, -0.15) is 0 Å². The molecule has 0 radical (unpaired) electrons. The molecule has 1 atom stereocenters. The lowest BCUT2D eigenvalue weighted by Gasteiger charge is -2.07. The maximum absolute atomic E-state index is 12.8. The third kappa shape index (κ3) is 3.23. The molecule has 2 rings (SSSR count). The minimum atomic E-state index is -0.351. The number of thioether (sulfide) groups is 1. The van der Waals surface area contributed by atoms with Crippen LogP contribution in [-0.2, 0) is 0 Å². The number of benzene rings is 1. The number of Topliss-reactive ketones (excluding diaryl/α,β-unsaturated/α-hetero) is 1. The zero-order valence-electron chi connectivity index (χ0n) is 10.9. The molecule has 100 valence electrons. The van der Waals surface area contributed by atoms with Crippen molar-refractivity contribution in [2.45, 2.75) is 31.2 Å². The number of hydrogen-bond acceptors (Lipinski definition) is 4. The summed E-state index contributed by atoms with van der Waals surface area (Å²) in [4.78, 5) is 16.4. The number of nitrogens with zero attached hydrogens (tertiary/aromatic N) is 1. The number of rotatable bonds is 4. The molecule has 0 aliphatic carbocycles. The van der Waals surface area contributed by atoms with Gasteiger partial charge in [-0.05, 0) is 45.0 Å². The number of hydrogen-bond donors (Lipinski definition) is 0. The van der Waals surface area contributed by atoms with E-state index < -0.39 is 0 Å². The zero-order valence-corrected chi connectivity index (χ0v) is 11.8. The summed E-state index contributed by atoms with van der Waals surface area (Å²) in [6, 6.07) is 5.54.